The number of rotatable bonds is 5. The molecule has 1 fully saturated rings. The summed E-state index contributed by atoms with van der Waals surface area (Å²) in [6.07, 6.45) is 5.08. The van der Waals surface area contributed by atoms with Gasteiger partial charge in [-0.15, -0.1) is 0 Å². The van der Waals surface area contributed by atoms with Crippen molar-refractivity contribution in [2.75, 3.05) is 0 Å². The average molecular weight is 370 g/mol. The zero-order valence-electron chi connectivity index (χ0n) is 16.0. The van der Waals surface area contributed by atoms with Crippen LogP contribution >= 0.6 is 0 Å². The van der Waals surface area contributed by atoms with Crippen molar-refractivity contribution >= 4 is 29.1 Å². The lowest BCUT2D eigenvalue weighted by Crippen LogP contribution is -2.47. The van der Waals surface area contributed by atoms with E-state index in [9.17, 15) is 9.59 Å². The van der Waals surface area contributed by atoms with Crippen LogP contribution in [0.1, 0.15) is 45.9 Å². The van der Waals surface area contributed by atoms with Gasteiger partial charge in [0.2, 0.25) is 5.89 Å². The maximum Gasteiger partial charge on any atom is 0.331 e. The highest BCUT2D eigenvalue weighted by Gasteiger charge is 2.29. The fraction of sp³-hybridized carbons (Fsp3) is 0.476. The van der Waals surface area contributed by atoms with Crippen molar-refractivity contribution in [2.45, 2.75) is 52.2 Å². The van der Waals surface area contributed by atoms with E-state index in [1.165, 1.54) is 18.6 Å². The third kappa shape index (κ3) is 4.76. The van der Waals surface area contributed by atoms with Crippen LogP contribution in [0.15, 0.2) is 34.8 Å². The van der Waals surface area contributed by atoms with E-state index in [-0.39, 0.29) is 11.9 Å². The highest BCUT2D eigenvalue weighted by molar-refractivity contribution is 5.90. The van der Waals surface area contributed by atoms with E-state index in [0.717, 1.165) is 12.8 Å². The second kappa shape index (κ2) is 8.37. The van der Waals surface area contributed by atoms with E-state index >= 15 is 0 Å². The van der Waals surface area contributed by atoms with Crippen LogP contribution in [-0.2, 0) is 14.3 Å². The van der Waals surface area contributed by atoms with E-state index in [1.54, 1.807) is 13.0 Å². The van der Waals surface area contributed by atoms with E-state index in [0.29, 0.717) is 28.8 Å². The first-order chi connectivity index (χ1) is 12.9. The van der Waals surface area contributed by atoms with Crippen LogP contribution in [0.2, 0.25) is 0 Å². The first kappa shape index (κ1) is 19.1. The molecule has 1 aliphatic rings. The number of carbonyl (C=O) groups excluding carboxylic acids is 2. The number of hydrogen-bond donors (Lipinski definition) is 1. The Morgan fingerprint density at radius 2 is 2.07 bits per heavy atom. The fourth-order valence-corrected chi connectivity index (χ4v) is 3.45. The quantitative estimate of drug-likeness (QED) is 0.641. The Labute approximate surface area is 159 Å². The molecule has 1 saturated carbocycles. The van der Waals surface area contributed by atoms with Crippen molar-refractivity contribution in [3.05, 3.63) is 36.2 Å². The molecule has 144 valence electrons. The van der Waals surface area contributed by atoms with Gasteiger partial charge in [-0.05, 0) is 37.3 Å². The summed E-state index contributed by atoms with van der Waals surface area (Å²) < 4.78 is 10.7. The highest BCUT2D eigenvalue weighted by atomic mass is 16.5. The molecule has 1 aromatic heterocycles. The molecule has 0 radical (unpaired) electrons. The smallest absolute Gasteiger partial charge is 0.331 e. The predicted molar refractivity (Wildman–Crippen MR) is 103 cm³/mol. The van der Waals surface area contributed by atoms with Crippen molar-refractivity contribution in [2.24, 2.45) is 11.8 Å². The average Bonchev–Trinajstić information content (AvgIpc) is 3.06. The number of benzene rings is 1. The molecule has 4 atom stereocenters. The number of fused-ring (bicyclic) bond motifs is 1. The Kier molecular flexibility index (Phi) is 5.94. The number of carbonyl (C=O) groups is 2. The Hall–Kier alpha value is -2.63. The normalized spacial score (nSPS) is 24.0. The molecule has 1 N–H and O–H groups in total. The van der Waals surface area contributed by atoms with Gasteiger partial charge in [-0.25, -0.2) is 9.78 Å². The zero-order valence-corrected chi connectivity index (χ0v) is 16.0. The van der Waals surface area contributed by atoms with Crippen LogP contribution in [0.4, 0.5) is 0 Å². The molecule has 1 aromatic carbocycles. The minimum absolute atomic E-state index is 0.137. The molecule has 6 nitrogen and oxygen atoms in total. The number of nitrogens with one attached hydrogen (secondary N) is 1. The van der Waals surface area contributed by atoms with Crippen molar-refractivity contribution in [1.82, 2.24) is 10.3 Å². The Bertz CT molecular complexity index is 809. The molecule has 1 amide bonds. The number of aromatic nitrogens is 1. The number of ether oxygens (including phenoxy) is 1. The number of oxazole rings is 1. The lowest BCUT2D eigenvalue weighted by Gasteiger charge is -2.35. The topological polar surface area (TPSA) is 81.4 Å². The monoisotopic (exact) mass is 370 g/mol. The summed E-state index contributed by atoms with van der Waals surface area (Å²) in [5.74, 6) is 0.454. The molecule has 0 spiro atoms. The van der Waals surface area contributed by atoms with Gasteiger partial charge in [0.25, 0.3) is 5.91 Å². The molecule has 0 saturated heterocycles. The third-order valence-corrected chi connectivity index (χ3v) is 5.37. The van der Waals surface area contributed by atoms with Crippen molar-refractivity contribution in [3.63, 3.8) is 0 Å². The van der Waals surface area contributed by atoms with Gasteiger partial charge in [-0.3, -0.25) is 4.79 Å². The Balaban J connectivity index is 1.52. The molecule has 0 bridgehead atoms. The fourth-order valence-electron chi connectivity index (χ4n) is 3.45. The summed E-state index contributed by atoms with van der Waals surface area (Å²) in [5, 5.41) is 3.02. The molecule has 3 rings (SSSR count). The molecule has 27 heavy (non-hydrogen) atoms. The van der Waals surface area contributed by atoms with Gasteiger partial charge in [0.05, 0.1) is 0 Å². The summed E-state index contributed by atoms with van der Waals surface area (Å²) in [6.45, 7) is 5.95. The maximum absolute atomic E-state index is 12.3. The molecule has 0 unspecified atom stereocenters. The molecular formula is C21H26N2O4. The first-order valence-corrected chi connectivity index (χ1v) is 9.48. The Morgan fingerprint density at radius 3 is 2.85 bits per heavy atom. The summed E-state index contributed by atoms with van der Waals surface area (Å²) in [7, 11) is 0. The predicted octanol–water partition coefficient (Wildman–Crippen LogP) is 3.71. The number of hydrogen-bond acceptors (Lipinski definition) is 5. The largest absolute Gasteiger partial charge is 0.449 e. The van der Waals surface area contributed by atoms with Gasteiger partial charge in [0.15, 0.2) is 11.7 Å². The summed E-state index contributed by atoms with van der Waals surface area (Å²) in [6, 6.07) is 7.48. The van der Waals surface area contributed by atoms with Crippen LogP contribution in [0.3, 0.4) is 0 Å². The van der Waals surface area contributed by atoms with Crippen LogP contribution < -0.4 is 5.32 Å². The van der Waals surface area contributed by atoms with Gasteiger partial charge in [-0.2, -0.15) is 0 Å². The van der Waals surface area contributed by atoms with E-state index in [2.05, 4.69) is 24.1 Å². The van der Waals surface area contributed by atoms with Crippen LogP contribution in [0, 0.1) is 11.8 Å². The van der Waals surface area contributed by atoms with Crippen molar-refractivity contribution in [3.8, 4) is 0 Å². The van der Waals surface area contributed by atoms with Crippen molar-refractivity contribution < 1.29 is 18.7 Å². The first-order valence-electron chi connectivity index (χ1n) is 9.48. The van der Waals surface area contributed by atoms with Gasteiger partial charge in [0.1, 0.15) is 5.52 Å². The third-order valence-electron chi connectivity index (χ3n) is 5.37. The number of amides is 1. The van der Waals surface area contributed by atoms with Gasteiger partial charge >= 0.3 is 5.97 Å². The van der Waals surface area contributed by atoms with Crippen LogP contribution in [0.5, 0.6) is 0 Å². The molecular weight excluding hydrogens is 344 g/mol. The van der Waals surface area contributed by atoms with Crippen LogP contribution in [0.25, 0.3) is 17.2 Å². The van der Waals surface area contributed by atoms with E-state index < -0.39 is 12.1 Å². The van der Waals surface area contributed by atoms with E-state index in [1.807, 2.05) is 18.2 Å². The Morgan fingerprint density at radius 1 is 1.30 bits per heavy atom. The number of para-hydroxylation sites is 2. The summed E-state index contributed by atoms with van der Waals surface area (Å²) in [5.41, 5.74) is 1.36. The van der Waals surface area contributed by atoms with Crippen molar-refractivity contribution in [1.29, 1.82) is 0 Å². The minimum atomic E-state index is -0.852. The second-order valence-corrected chi connectivity index (χ2v) is 7.31. The molecule has 2 aromatic rings. The number of nitrogens with zero attached hydrogens (tertiary/aromatic N) is 1. The molecule has 0 aliphatic heterocycles. The SMILES string of the molecule is C[C@@H]1[C@@H](C)CCC[C@H]1NC(=O)[C@@H](C)OC(=O)/C=C/c1nc2ccccc2o1. The highest BCUT2D eigenvalue weighted by Crippen LogP contribution is 2.29. The van der Waals surface area contributed by atoms with E-state index in [4.69, 9.17) is 9.15 Å². The minimum Gasteiger partial charge on any atom is -0.449 e. The molecule has 6 heteroatoms. The second-order valence-electron chi connectivity index (χ2n) is 7.31. The lowest BCUT2D eigenvalue weighted by molar-refractivity contribution is -0.150. The lowest BCUT2D eigenvalue weighted by atomic mass is 9.78. The summed E-state index contributed by atoms with van der Waals surface area (Å²) in [4.78, 5) is 28.6. The standard InChI is InChI=1S/C21H26N2O4/c1-13-7-6-9-16(14(13)2)23-21(25)15(3)26-20(24)12-11-19-22-17-8-4-5-10-18(17)27-19/h4-5,8,10-16H,6-7,9H2,1-3H3,(H,23,25)/b12-11+/t13-,14+,15+,16+/m0/s1. The van der Waals surface area contributed by atoms with Gasteiger partial charge < -0.3 is 14.5 Å². The molecule has 1 aliphatic carbocycles. The van der Waals surface area contributed by atoms with Gasteiger partial charge in [0, 0.05) is 18.2 Å². The zero-order chi connectivity index (χ0) is 19.4. The number of esters is 1. The van der Waals surface area contributed by atoms with Crippen LogP contribution in [-0.4, -0.2) is 29.0 Å². The summed E-state index contributed by atoms with van der Waals surface area (Å²) >= 11 is 0. The molecule has 1 heterocycles. The van der Waals surface area contributed by atoms with Gasteiger partial charge in [-0.1, -0.05) is 38.8 Å². The maximum atomic E-state index is 12.3.